The first-order valence-corrected chi connectivity index (χ1v) is 17.9. The first kappa shape index (κ1) is 39.9. The second kappa shape index (κ2) is 16.9. The van der Waals surface area contributed by atoms with Crippen LogP contribution in [0.5, 0.6) is 5.75 Å². The molecule has 1 N–H and O–H groups in total. The smallest absolute Gasteiger partial charge is 0.245 e. The van der Waals surface area contributed by atoms with Crippen LogP contribution in [0.2, 0.25) is 10.0 Å². The summed E-state index contributed by atoms with van der Waals surface area (Å²) in [5.74, 6) is 1.17. The van der Waals surface area contributed by atoms with Crippen LogP contribution in [0.3, 0.4) is 0 Å². The highest BCUT2D eigenvalue weighted by atomic mass is 35.5. The molecule has 0 radical (unpaired) electrons. The number of sulfonamides is 1. The maximum absolute atomic E-state index is 14.1. The standard InChI is InChI=1S/C33H42Cl2N6O4S.2ClH/c1-21(2)36-33(37-22(3)4)40-18-16-39(17-19-40)32(42)27-9-7-15-41(27)46(43,44)29-14-13-26(34)25(30(29)35)20-45-28-10-6-8-24-12-11-23(5)38-31(24)28;;/h6,8,10-14,21-22,27H,7,9,15-20H2,1-5H3,(H,36,37);2*1H. The Balaban J connectivity index is 0.00000312. The summed E-state index contributed by atoms with van der Waals surface area (Å²) in [6.07, 6.45) is 1.02. The van der Waals surface area contributed by atoms with E-state index in [9.17, 15) is 13.2 Å². The fraction of sp³-hybridized carbons (Fsp3) is 0.485. The van der Waals surface area contributed by atoms with Gasteiger partial charge in [0, 0.05) is 66.5 Å². The number of rotatable bonds is 8. The number of hydrogen-bond acceptors (Lipinski definition) is 6. The van der Waals surface area contributed by atoms with Crippen molar-refractivity contribution in [2.24, 2.45) is 4.99 Å². The molecule has 5 rings (SSSR count). The molecule has 3 heterocycles. The fourth-order valence-corrected chi connectivity index (χ4v) is 8.37. The zero-order valence-electron chi connectivity index (χ0n) is 27.8. The number of pyridine rings is 1. The van der Waals surface area contributed by atoms with Crippen LogP contribution in [0.1, 0.15) is 51.8 Å². The number of nitrogens with zero attached hydrogens (tertiary/aromatic N) is 5. The molecule has 2 saturated heterocycles. The number of amides is 1. The number of hydrogen-bond donors (Lipinski definition) is 1. The third kappa shape index (κ3) is 8.78. The van der Waals surface area contributed by atoms with E-state index in [1.807, 2.05) is 45.0 Å². The molecule has 1 unspecified atom stereocenters. The molecule has 15 heteroatoms. The van der Waals surface area contributed by atoms with Gasteiger partial charge in [-0.25, -0.2) is 13.4 Å². The Hall–Kier alpha value is -2.54. The lowest BCUT2D eigenvalue weighted by atomic mass is 10.2. The molecule has 2 aliphatic rings. The summed E-state index contributed by atoms with van der Waals surface area (Å²) in [6.45, 7) is 12.4. The molecule has 3 aromatic rings. The third-order valence-electron chi connectivity index (χ3n) is 8.11. The van der Waals surface area contributed by atoms with Gasteiger partial charge in [-0.15, -0.1) is 24.8 Å². The highest BCUT2D eigenvalue weighted by Gasteiger charge is 2.43. The summed E-state index contributed by atoms with van der Waals surface area (Å²) in [5, 5.41) is 4.60. The van der Waals surface area contributed by atoms with Crippen molar-refractivity contribution in [3.05, 3.63) is 63.8 Å². The SMILES string of the molecule is Cc1ccc2cccc(OCc3c(Cl)ccc(S(=O)(=O)N4CCCC4C(=O)N4CCN(C(=NC(C)C)NC(C)C)CC4)c3Cl)c2n1.Cl.Cl. The van der Waals surface area contributed by atoms with Crippen molar-refractivity contribution in [1.82, 2.24) is 24.4 Å². The van der Waals surface area contributed by atoms with Crippen LogP contribution in [0.4, 0.5) is 0 Å². The molecule has 0 spiro atoms. The van der Waals surface area contributed by atoms with Crippen molar-refractivity contribution in [2.45, 2.75) is 77.1 Å². The van der Waals surface area contributed by atoms with E-state index in [-0.39, 0.29) is 70.9 Å². The molecule has 264 valence electrons. The van der Waals surface area contributed by atoms with Crippen LogP contribution in [0.15, 0.2) is 52.4 Å². The molecule has 2 fully saturated rings. The van der Waals surface area contributed by atoms with Gasteiger partial charge in [0.15, 0.2) is 5.96 Å². The number of piperazine rings is 1. The summed E-state index contributed by atoms with van der Waals surface area (Å²) in [6, 6.07) is 12.0. The molecule has 10 nitrogen and oxygen atoms in total. The van der Waals surface area contributed by atoms with Crippen LogP contribution >= 0.6 is 48.0 Å². The number of aryl methyl sites for hydroxylation is 1. The Morgan fingerprint density at radius 3 is 2.35 bits per heavy atom. The van der Waals surface area contributed by atoms with Crippen LogP contribution in [-0.4, -0.2) is 90.2 Å². The number of aliphatic imine (C=N–C) groups is 1. The normalized spacial score (nSPS) is 17.4. The summed E-state index contributed by atoms with van der Waals surface area (Å²) >= 11 is 13.3. The Bertz CT molecular complexity index is 1730. The lowest BCUT2D eigenvalue weighted by Gasteiger charge is -2.39. The minimum absolute atomic E-state index is 0. The van der Waals surface area contributed by atoms with E-state index >= 15 is 0 Å². The number of aromatic nitrogens is 1. The van der Waals surface area contributed by atoms with Crippen molar-refractivity contribution in [2.75, 3.05) is 32.7 Å². The second-order valence-corrected chi connectivity index (χ2v) is 15.0. The molecular formula is C33H44Cl4N6O4S. The third-order valence-corrected chi connectivity index (χ3v) is 11.0. The Morgan fingerprint density at radius 2 is 1.69 bits per heavy atom. The van der Waals surface area contributed by atoms with Gasteiger partial charge in [-0.1, -0.05) is 41.4 Å². The molecule has 1 aromatic heterocycles. The molecule has 1 amide bonds. The van der Waals surface area contributed by atoms with E-state index in [0.717, 1.165) is 17.0 Å². The van der Waals surface area contributed by atoms with Gasteiger partial charge >= 0.3 is 0 Å². The van der Waals surface area contributed by atoms with E-state index in [1.54, 1.807) is 11.0 Å². The number of halogens is 4. The number of nitrogens with one attached hydrogen (secondary N) is 1. The van der Waals surface area contributed by atoms with E-state index in [0.29, 0.717) is 55.9 Å². The van der Waals surface area contributed by atoms with Crippen molar-refractivity contribution in [3.63, 3.8) is 0 Å². The van der Waals surface area contributed by atoms with Gasteiger partial charge in [-0.3, -0.25) is 9.79 Å². The topological polar surface area (TPSA) is 107 Å². The summed E-state index contributed by atoms with van der Waals surface area (Å²) in [7, 11) is -4.13. The molecule has 0 bridgehead atoms. The molecule has 2 aromatic carbocycles. The van der Waals surface area contributed by atoms with Gasteiger partial charge in [0.25, 0.3) is 0 Å². The molecule has 0 saturated carbocycles. The van der Waals surface area contributed by atoms with Crippen molar-refractivity contribution >= 4 is 80.8 Å². The second-order valence-electron chi connectivity index (χ2n) is 12.3. The molecule has 2 aliphatic heterocycles. The Labute approximate surface area is 306 Å². The zero-order chi connectivity index (χ0) is 33.2. The van der Waals surface area contributed by atoms with Gasteiger partial charge in [-0.2, -0.15) is 4.31 Å². The number of benzene rings is 2. The lowest BCUT2D eigenvalue weighted by molar-refractivity contribution is -0.135. The maximum Gasteiger partial charge on any atom is 0.245 e. The van der Waals surface area contributed by atoms with E-state index < -0.39 is 16.1 Å². The van der Waals surface area contributed by atoms with E-state index in [4.69, 9.17) is 32.9 Å². The van der Waals surface area contributed by atoms with Crippen molar-refractivity contribution < 1.29 is 17.9 Å². The maximum atomic E-state index is 14.1. The fourth-order valence-electron chi connectivity index (χ4n) is 5.85. The first-order chi connectivity index (χ1) is 21.9. The molecule has 1 atom stereocenters. The minimum atomic E-state index is -4.13. The number of carbonyl (C=O) groups excluding carboxylic acids is 1. The van der Waals surface area contributed by atoms with Crippen LogP contribution < -0.4 is 10.1 Å². The van der Waals surface area contributed by atoms with Crippen LogP contribution in [0.25, 0.3) is 10.9 Å². The minimum Gasteiger partial charge on any atom is -0.487 e. The quantitative estimate of drug-likeness (QED) is 0.211. The van der Waals surface area contributed by atoms with Gasteiger partial charge < -0.3 is 19.9 Å². The summed E-state index contributed by atoms with van der Waals surface area (Å²) in [4.78, 5) is 27.0. The highest BCUT2D eigenvalue weighted by molar-refractivity contribution is 7.89. The highest BCUT2D eigenvalue weighted by Crippen LogP contribution is 2.37. The van der Waals surface area contributed by atoms with Gasteiger partial charge in [0.2, 0.25) is 15.9 Å². The number of ether oxygens (including phenoxy) is 1. The number of fused-ring (bicyclic) bond motifs is 1. The van der Waals surface area contributed by atoms with Crippen LogP contribution in [-0.2, 0) is 21.4 Å². The summed E-state index contributed by atoms with van der Waals surface area (Å²) < 4.78 is 35.6. The van der Waals surface area contributed by atoms with Crippen LogP contribution in [0, 0.1) is 6.92 Å². The number of guanidine groups is 1. The van der Waals surface area contributed by atoms with Crippen molar-refractivity contribution in [3.8, 4) is 5.75 Å². The van der Waals surface area contributed by atoms with E-state index in [1.165, 1.54) is 16.4 Å². The predicted molar refractivity (Wildman–Crippen MR) is 198 cm³/mol. The largest absolute Gasteiger partial charge is 0.487 e. The zero-order valence-corrected chi connectivity index (χ0v) is 31.7. The number of carbonyl (C=O) groups is 1. The molecular weight excluding hydrogens is 718 g/mol. The Kier molecular flexibility index (Phi) is 14.1. The monoisotopic (exact) mass is 760 g/mol. The average Bonchev–Trinajstić information content (AvgIpc) is 3.51. The number of para-hydroxylation sites is 1. The van der Waals surface area contributed by atoms with Gasteiger partial charge in [0.05, 0.1) is 5.02 Å². The van der Waals surface area contributed by atoms with E-state index in [2.05, 4.69) is 29.0 Å². The first-order valence-electron chi connectivity index (χ1n) is 15.7. The average molecular weight is 763 g/mol. The molecule has 0 aliphatic carbocycles. The van der Waals surface area contributed by atoms with Crippen molar-refractivity contribution in [1.29, 1.82) is 0 Å². The lowest BCUT2D eigenvalue weighted by Crippen LogP contribution is -2.57. The predicted octanol–water partition coefficient (Wildman–Crippen LogP) is 6.33. The summed E-state index contributed by atoms with van der Waals surface area (Å²) in [5.41, 5.74) is 1.88. The van der Waals surface area contributed by atoms with Gasteiger partial charge in [-0.05, 0) is 71.7 Å². The Morgan fingerprint density at radius 1 is 1.00 bits per heavy atom. The van der Waals surface area contributed by atoms with Gasteiger partial charge in [0.1, 0.15) is 28.8 Å². The molecule has 48 heavy (non-hydrogen) atoms.